The van der Waals surface area contributed by atoms with E-state index in [0.717, 1.165) is 31.2 Å². The number of esters is 1. The first kappa shape index (κ1) is 17.2. The van der Waals surface area contributed by atoms with Gasteiger partial charge in [0.1, 0.15) is 11.2 Å². The van der Waals surface area contributed by atoms with Crippen LogP contribution >= 0.6 is 0 Å². The molecule has 1 atom stereocenters. The van der Waals surface area contributed by atoms with Crippen molar-refractivity contribution in [1.82, 2.24) is 4.57 Å². The highest BCUT2D eigenvalue weighted by molar-refractivity contribution is 5.94. The van der Waals surface area contributed by atoms with Crippen molar-refractivity contribution < 1.29 is 9.53 Å². The van der Waals surface area contributed by atoms with Gasteiger partial charge in [-0.15, -0.1) is 0 Å². The number of fused-ring (bicyclic) bond motifs is 2. The van der Waals surface area contributed by atoms with Crippen LogP contribution in [0.5, 0.6) is 0 Å². The largest absolute Gasteiger partial charge is 0.451 e. The monoisotopic (exact) mass is 373 g/mol. The van der Waals surface area contributed by atoms with Gasteiger partial charge in [-0.05, 0) is 61.4 Å². The van der Waals surface area contributed by atoms with E-state index in [9.17, 15) is 9.59 Å². The molecule has 28 heavy (non-hydrogen) atoms. The van der Waals surface area contributed by atoms with Gasteiger partial charge < -0.3 is 9.30 Å². The van der Waals surface area contributed by atoms with Gasteiger partial charge in [-0.25, -0.2) is 4.79 Å². The number of carbonyl (C=O) groups is 1. The average molecular weight is 373 g/mol. The Hall–Kier alpha value is -2.88. The Morgan fingerprint density at radius 2 is 1.86 bits per heavy atom. The first-order valence-corrected chi connectivity index (χ1v) is 10.0. The summed E-state index contributed by atoms with van der Waals surface area (Å²) in [5.41, 5.74) is 1.35. The lowest BCUT2D eigenvalue weighted by atomic mass is 9.89. The van der Waals surface area contributed by atoms with Gasteiger partial charge in [-0.3, -0.25) is 4.79 Å². The van der Waals surface area contributed by atoms with Gasteiger partial charge in [0, 0.05) is 17.8 Å². The van der Waals surface area contributed by atoms with E-state index in [4.69, 9.17) is 4.74 Å². The lowest BCUT2D eigenvalue weighted by molar-refractivity contribution is -0.00388. The van der Waals surface area contributed by atoms with E-state index in [1.54, 1.807) is 4.57 Å². The minimum absolute atomic E-state index is 0.191. The topological polar surface area (TPSA) is 48.3 Å². The number of ether oxygens (including phenoxy) is 1. The predicted octanol–water partition coefficient (Wildman–Crippen LogP) is 4.74. The second-order valence-corrected chi connectivity index (χ2v) is 8.20. The number of rotatable bonds is 5. The second-order valence-electron chi connectivity index (χ2n) is 8.20. The van der Waals surface area contributed by atoms with Gasteiger partial charge in [-0.1, -0.05) is 42.5 Å². The third-order valence-electron chi connectivity index (χ3n) is 6.08. The molecule has 1 unspecified atom stereocenters. The van der Waals surface area contributed by atoms with Crippen molar-refractivity contribution in [2.24, 2.45) is 0 Å². The van der Waals surface area contributed by atoms with E-state index < -0.39 is 11.6 Å². The van der Waals surface area contributed by atoms with E-state index in [1.165, 1.54) is 16.3 Å². The zero-order valence-electron chi connectivity index (χ0n) is 16.0. The zero-order valence-corrected chi connectivity index (χ0v) is 16.0. The number of hydrogen-bond acceptors (Lipinski definition) is 3. The van der Waals surface area contributed by atoms with E-state index in [-0.39, 0.29) is 17.2 Å². The third-order valence-corrected chi connectivity index (χ3v) is 6.08. The highest BCUT2D eigenvalue weighted by Gasteiger charge is 2.44. The van der Waals surface area contributed by atoms with Crippen molar-refractivity contribution in [3.63, 3.8) is 0 Å². The molecule has 142 valence electrons. The summed E-state index contributed by atoms with van der Waals surface area (Å²) < 4.78 is 7.41. The van der Waals surface area contributed by atoms with Crippen molar-refractivity contribution >= 4 is 16.7 Å². The molecule has 0 N–H and O–H groups in total. The maximum atomic E-state index is 12.7. The fraction of sp³-hybridized carbons (Fsp3) is 0.333. The molecule has 1 aliphatic carbocycles. The Kier molecular flexibility index (Phi) is 3.90. The fourth-order valence-corrected chi connectivity index (χ4v) is 4.35. The molecule has 5 rings (SSSR count). The minimum Gasteiger partial charge on any atom is -0.451 e. The van der Waals surface area contributed by atoms with Crippen molar-refractivity contribution in [3.05, 3.63) is 81.8 Å². The number of aromatic nitrogens is 1. The van der Waals surface area contributed by atoms with Crippen molar-refractivity contribution in [2.75, 3.05) is 0 Å². The molecule has 0 radical (unpaired) electrons. The van der Waals surface area contributed by atoms with Crippen molar-refractivity contribution in [1.29, 1.82) is 0 Å². The maximum Gasteiger partial charge on any atom is 0.345 e. The van der Waals surface area contributed by atoms with Gasteiger partial charge in [0.25, 0.3) is 5.56 Å². The van der Waals surface area contributed by atoms with Crippen LogP contribution in [0.15, 0.2) is 59.5 Å². The van der Waals surface area contributed by atoms with Gasteiger partial charge >= 0.3 is 5.97 Å². The number of nitrogens with zero attached hydrogens (tertiary/aromatic N) is 1. The average Bonchev–Trinajstić information content (AvgIpc) is 3.48. The Balaban J connectivity index is 1.35. The minimum atomic E-state index is -0.717. The molecule has 2 aromatic carbocycles. The normalized spacial score (nSPS) is 21.0. The first-order valence-electron chi connectivity index (χ1n) is 10.0. The Morgan fingerprint density at radius 1 is 1.07 bits per heavy atom. The van der Waals surface area contributed by atoms with Gasteiger partial charge in [0.05, 0.1) is 0 Å². The van der Waals surface area contributed by atoms with Crippen LogP contribution in [0.2, 0.25) is 0 Å². The predicted molar refractivity (Wildman–Crippen MR) is 109 cm³/mol. The first-order chi connectivity index (χ1) is 13.5. The Morgan fingerprint density at radius 3 is 2.64 bits per heavy atom. The number of aryl methyl sites for hydroxylation is 1. The highest BCUT2D eigenvalue weighted by atomic mass is 16.6. The molecule has 0 amide bonds. The maximum absolute atomic E-state index is 12.7. The summed E-state index contributed by atoms with van der Waals surface area (Å²) in [6, 6.07) is 17.0. The Bertz CT molecular complexity index is 1140. The summed E-state index contributed by atoms with van der Waals surface area (Å²) in [6.07, 6.45) is 6.35. The molecule has 1 aromatic heterocycles. The summed E-state index contributed by atoms with van der Waals surface area (Å²) in [4.78, 5) is 25.2. The zero-order chi connectivity index (χ0) is 19.3. The number of cyclic esters (lactones) is 1. The molecular formula is C24H23NO3. The van der Waals surface area contributed by atoms with Crippen molar-refractivity contribution in [2.45, 2.75) is 50.7 Å². The molecule has 3 aromatic rings. The van der Waals surface area contributed by atoms with E-state index in [0.29, 0.717) is 6.42 Å². The summed E-state index contributed by atoms with van der Waals surface area (Å²) in [5.74, 6) is -0.469. The molecule has 0 spiro atoms. The second kappa shape index (κ2) is 6.33. The van der Waals surface area contributed by atoms with E-state index >= 15 is 0 Å². The van der Waals surface area contributed by atoms with E-state index in [2.05, 4.69) is 36.4 Å². The number of benzene rings is 2. The molecular weight excluding hydrogens is 350 g/mol. The summed E-state index contributed by atoms with van der Waals surface area (Å²) in [5, 5.41) is 2.48. The Labute approximate surface area is 163 Å². The van der Waals surface area contributed by atoms with Crippen LogP contribution in [0.4, 0.5) is 0 Å². The lowest BCUT2D eigenvalue weighted by Crippen LogP contribution is -2.25. The van der Waals surface area contributed by atoms with Crippen molar-refractivity contribution in [3.8, 4) is 0 Å². The molecule has 4 nitrogen and oxygen atoms in total. The number of pyridine rings is 1. The van der Waals surface area contributed by atoms with Gasteiger partial charge in [0.15, 0.2) is 0 Å². The SMILES string of the molecule is CC1(CCCc2ccc3ccccc3c2)OC(=O)c2c1ccn(C1CC1)c2=O. The number of hydrogen-bond donors (Lipinski definition) is 0. The lowest BCUT2D eigenvalue weighted by Gasteiger charge is -2.24. The van der Waals surface area contributed by atoms with Crippen LogP contribution in [0.25, 0.3) is 10.8 Å². The van der Waals surface area contributed by atoms with Crippen LogP contribution in [0.3, 0.4) is 0 Å². The molecule has 2 heterocycles. The third kappa shape index (κ3) is 2.84. The summed E-state index contributed by atoms with van der Waals surface area (Å²) >= 11 is 0. The quantitative estimate of drug-likeness (QED) is 0.607. The van der Waals surface area contributed by atoms with Crippen LogP contribution < -0.4 is 5.56 Å². The summed E-state index contributed by atoms with van der Waals surface area (Å²) in [7, 11) is 0. The summed E-state index contributed by atoms with van der Waals surface area (Å²) in [6.45, 7) is 1.93. The smallest absolute Gasteiger partial charge is 0.345 e. The molecule has 1 fully saturated rings. The van der Waals surface area contributed by atoms with Gasteiger partial charge in [-0.2, -0.15) is 0 Å². The molecule has 2 aliphatic rings. The van der Waals surface area contributed by atoms with Crippen LogP contribution in [-0.4, -0.2) is 10.5 Å². The molecule has 1 aliphatic heterocycles. The molecule has 4 heteroatoms. The van der Waals surface area contributed by atoms with Crippen LogP contribution in [0.1, 0.15) is 60.1 Å². The molecule has 1 saturated carbocycles. The van der Waals surface area contributed by atoms with Crippen LogP contribution in [-0.2, 0) is 16.8 Å². The van der Waals surface area contributed by atoms with E-state index in [1.807, 2.05) is 25.3 Å². The van der Waals surface area contributed by atoms with Crippen LogP contribution in [0, 0.1) is 0 Å². The number of carbonyl (C=O) groups excluding carboxylic acids is 1. The highest BCUT2D eigenvalue weighted by Crippen LogP contribution is 2.40. The fourth-order valence-electron chi connectivity index (χ4n) is 4.35. The standard InChI is InChI=1S/C24H23NO3/c1-24(13-4-5-16-8-9-17-6-2-3-7-18(17)15-16)20-12-14-25(19-10-11-19)22(26)21(20)23(27)28-24/h2-3,6-9,12,14-15,19H,4-5,10-11,13H2,1H3. The molecule has 0 saturated heterocycles. The molecule has 0 bridgehead atoms. The van der Waals surface area contributed by atoms with Gasteiger partial charge in [0.2, 0.25) is 0 Å².